The summed E-state index contributed by atoms with van der Waals surface area (Å²) in [5.74, 6) is 0.451. The lowest BCUT2D eigenvalue weighted by molar-refractivity contribution is 0.0694. The van der Waals surface area contributed by atoms with E-state index in [1.54, 1.807) is 30.2 Å². The number of thiophene rings is 1. The average Bonchev–Trinajstić information content (AvgIpc) is 3.09. The number of hydrogen-bond donors (Lipinski definition) is 1. The van der Waals surface area contributed by atoms with Crippen LogP contribution >= 0.6 is 11.3 Å². The van der Waals surface area contributed by atoms with Crippen molar-refractivity contribution in [2.75, 3.05) is 7.05 Å². The number of rotatable bonds is 4. The summed E-state index contributed by atoms with van der Waals surface area (Å²) in [6, 6.07) is 3.51. The molecule has 1 aliphatic rings. The highest BCUT2D eigenvalue weighted by atomic mass is 32.1. The highest BCUT2D eigenvalue weighted by molar-refractivity contribution is 7.14. The van der Waals surface area contributed by atoms with Crippen molar-refractivity contribution in [2.24, 2.45) is 5.92 Å². The predicted molar refractivity (Wildman–Crippen MR) is 91.7 cm³/mol. The first-order valence-electron chi connectivity index (χ1n) is 8.04. The summed E-state index contributed by atoms with van der Waals surface area (Å²) < 4.78 is 5.46. The van der Waals surface area contributed by atoms with Crippen molar-refractivity contribution in [1.82, 2.24) is 4.90 Å². The third-order valence-corrected chi connectivity index (χ3v) is 5.70. The molecule has 1 atom stereocenters. The molecule has 24 heavy (non-hydrogen) atoms. The summed E-state index contributed by atoms with van der Waals surface area (Å²) in [4.78, 5) is 27.4. The summed E-state index contributed by atoms with van der Waals surface area (Å²) >= 11 is 1.58. The summed E-state index contributed by atoms with van der Waals surface area (Å²) in [5.41, 5.74) is 1.45. The van der Waals surface area contributed by atoms with Crippen LogP contribution in [0, 0.1) is 12.8 Å². The van der Waals surface area contributed by atoms with Crippen LogP contribution in [-0.2, 0) is 19.4 Å². The van der Waals surface area contributed by atoms with E-state index in [0.29, 0.717) is 17.4 Å². The third-order valence-electron chi connectivity index (χ3n) is 4.48. The van der Waals surface area contributed by atoms with E-state index in [1.807, 2.05) is 6.07 Å². The van der Waals surface area contributed by atoms with Gasteiger partial charge < -0.3 is 14.4 Å². The van der Waals surface area contributed by atoms with Crippen LogP contribution in [-0.4, -0.2) is 28.9 Å². The average molecular weight is 347 g/mol. The molecule has 3 rings (SSSR count). The first-order valence-corrected chi connectivity index (χ1v) is 8.86. The largest absolute Gasteiger partial charge is 0.478 e. The van der Waals surface area contributed by atoms with Crippen LogP contribution in [0.3, 0.4) is 0 Å². The molecule has 0 fully saturated rings. The van der Waals surface area contributed by atoms with Gasteiger partial charge >= 0.3 is 5.97 Å². The quantitative estimate of drug-likeness (QED) is 0.914. The third kappa shape index (κ3) is 3.24. The molecule has 5 nitrogen and oxygen atoms in total. The van der Waals surface area contributed by atoms with Crippen LogP contribution in [0.15, 0.2) is 16.5 Å². The fourth-order valence-corrected chi connectivity index (χ4v) is 4.34. The van der Waals surface area contributed by atoms with Crippen molar-refractivity contribution >= 4 is 23.2 Å². The SMILES string of the molecule is Cc1oc(CN(C)C(=O)c2cc3c(s2)CCC(C)C3)cc1C(=O)O. The molecule has 1 unspecified atom stereocenters. The van der Waals surface area contributed by atoms with Gasteiger partial charge in [-0.3, -0.25) is 4.79 Å². The lowest BCUT2D eigenvalue weighted by Gasteiger charge is -2.16. The summed E-state index contributed by atoms with van der Waals surface area (Å²) in [7, 11) is 1.71. The second-order valence-corrected chi connectivity index (χ2v) is 7.69. The van der Waals surface area contributed by atoms with E-state index < -0.39 is 5.97 Å². The maximum absolute atomic E-state index is 12.7. The van der Waals surface area contributed by atoms with Crippen molar-refractivity contribution < 1.29 is 19.1 Å². The van der Waals surface area contributed by atoms with E-state index in [2.05, 4.69) is 6.92 Å². The number of carboxylic acid groups (broad SMARTS) is 1. The molecule has 0 radical (unpaired) electrons. The van der Waals surface area contributed by atoms with Crippen molar-refractivity contribution in [1.29, 1.82) is 0 Å². The van der Waals surface area contributed by atoms with Crippen molar-refractivity contribution in [2.45, 2.75) is 39.7 Å². The van der Waals surface area contributed by atoms with E-state index in [1.165, 1.54) is 22.9 Å². The van der Waals surface area contributed by atoms with Gasteiger partial charge in [0.15, 0.2) is 0 Å². The van der Waals surface area contributed by atoms with Crippen LogP contribution < -0.4 is 0 Å². The van der Waals surface area contributed by atoms with E-state index >= 15 is 0 Å². The van der Waals surface area contributed by atoms with Crippen molar-refractivity contribution in [3.05, 3.63) is 44.5 Å². The Bertz CT molecular complexity index is 789. The minimum atomic E-state index is -1.02. The summed E-state index contributed by atoms with van der Waals surface area (Å²) in [6.45, 7) is 4.11. The lowest BCUT2D eigenvalue weighted by atomic mass is 9.90. The highest BCUT2D eigenvalue weighted by Crippen LogP contribution is 2.32. The first kappa shape index (κ1) is 16.8. The Labute approximate surface area is 144 Å². The van der Waals surface area contributed by atoms with Gasteiger partial charge in [0.25, 0.3) is 5.91 Å². The molecule has 2 aromatic rings. The van der Waals surface area contributed by atoms with Crippen LogP contribution in [0.4, 0.5) is 0 Å². The van der Waals surface area contributed by atoms with E-state index in [-0.39, 0.29) is 18.0 Å². The molecule has 0 bridgehead atoms. The van der Waals surface area contributed by atoms with Crippen LogP contribution in [0.2, 0.25) is 0 Å². The minimum absolute atomic E-state index is 0.0482. The Balaban J connectivity index is 1.73. The van der Waals surface area contributed by atoms with Gasteiger partial charge in [0.1, 0.15) is 17.1 Å². The maximum Gasteiger partial charge on any atom is 0.339 e. The molecule has 6 heteroatoms. The normalized spacial score (nSPS) is 16.7. The van der Waals surface area contributed by atoms with E-state index in [9.17, 15) is 9.59 Å². The van der Waals surface area contributed by atoms with Crippen LogP contribution in [0.5, 0.6) is 0 Å². The van der Waals surface area contributed by atoms with Gasteiger partial charge in [0, 0.05) is 11.9 Å². The second-order valence-electron chi connectivity index (χ2n) is 6.56. The van der Waals surface area contributed by atoms with Crippen LogP contribution in [0.1, 0.15) is 55.3 Å². The Kier molecular flexibility index (Phi) is 4.49. The smallest absolute Gasteiger partial charge is 0.339 e. The molecule has 128 valence electrons. The molecule has 0 saturated heterocycles. The van der Waals surface area contributed by atoms with Crippen molar-refractivity contribution in [3.8, 4) is 0 Å². The number of hydrogen-bond acceptors (Lipinski definition) is 4. The number of fused-ring (bicyclic) bond motifs is 1. The fourth-order valence-electron chi connectivity index (χ4n) is 3.14. The van der Waals surface area contributed by atoms with Gasteiger partial charge in [-0.15, -0.1) is 11.3 Å². The highest BCUT2D eigenvalue weighted by Gasteiger charge is 2.23. The molecule has 0 aromatic carbocycles. The zero-order valence-corrected chi connectivity index (χ0v) is 14.9. The van der Waals surface area contributed by atoms with Gasteiger partial charge in [-0.1, -0.05) is 6.92 Å². The van der Waals surface area contributed by atoms with Gasteiger partial charge in [0.05, 0.1) is 11.4 Å². The number of nitrogens with zero attached hydrogens (tertiary/aromatic N) is 1. The minimum Gasteiger partial charge on any atom is -0.478 e. The summed E-state index contributed by atoms with van der Waals surface area (Å²) in [5, 5.41) is 9.08. The molecule has 2 aromatic heterocycles. The Morgan fingerprint density at radius 1 is 1.42 bits per heavy atom. The lowest BCUT2D eigenvalue weighted by Crippen LogP contribution is -2.25. The molecule has 0 spiro atoms. The fraction of sp³-hybridized carbons (Fsp3) is 0.444. The molecule has 1 N–H and O–H groups in total. The molecular weight excluding hydrogens is 326 g/mol. The Hall–Kier alpha value is -2.08. The molecule has 0 saturated carbocycles. The van der Waals surface area contributed by atoms with Gasteiger partial charge in [-0.25, -0.2) is 4.79 Å². The second kappa shape index (κ2) is 6.43. The van der Waals surface area contributed by atoms with E-state index in [4.69, 9.17) is 9.52 Å². The molecule has 1 amide bonds. The van der Waals surface area contributed by atoms with Gasteiger partial charge in [-0.2, -0.15) is 0 Å². The molecule has 1 aliphatic carbocycles. The number of carboxylic acids is 1. The standard InChI is InChI=1S/C18H21NO4S/c1-10-4-5-15-12(6-10)7-16(24-15)17(20)19(3)9-13-8-14(18(21)22)11(2)23-13/h7-8,10H,4-6,9H2,1-3H3,(H,21,22). The van der Waals surface area contributed by atoms with Crippen molar-refractivity contribution in [3.63, 3.8) is 0 Å². The first-order chi connectivity index (χ1) is 11.3. The molecular formula is C18H21NO4S. The van der Waals surface area contributed by atoms with E-state index in [0.717, 1.165) is 17.7 Å². The molecule has 0 aliphatic heterocycles. The Morgan fingerprint density at radius 2 is 2.17 bits per heavy atom. The maximum atomic E-state index is 12.7. The zero-order chi connectivity index (χ0) is 17.4. The predicted octanol–water partition coefficient (Wildman–Crippen LogP) is 3.74. The number of aromatic carboxylic acids is 1. The topological polar surface area (TPSA) is 70.8 Å². The number of aryl methyl sites for hydroxylation is 2. The number of furan rings is 1. The number of carbonyl (C=O) groups excluding carboxylic acids is 1. The number of amides is 1. The summed E-state index contributed by atoms with van der Waals surface area (Å²) in [6.07, 6.45) is 3.28. The van der Waals surface area contributed by atoms with Gasteiger partial charge in [0.2, 0.25) is 0 Å². The monoisotopic (exact) mass is 347 g/mol. The van der Waals surface area contributed by atoms with Gasteiger partial charge in [-0.05, 0) is 49.8 Å². The number of carbonyl (C=O) groups is 2. The Morgan fingerprint density at radius 3 is 2.83 bits per heavy atom. The van der Waals surface area contributed by atoms with Crippen LogP contribution in [0.25, 0.3) is 0 Å². The zero-order valence-electron chi connectivity index (χ0n) is 14.1. The molecule has 2 heterocycles.